The van der Waals surface area contributed by atoms with Gasteiger partial charge < -0.3 is 34.6 Å². The average molecular weight is 479 g/mol. The van der Waals surface area contributed by atoms with E-state index in [4.69, 9.17) is 25.8 Å². The number of aliphatic hydroxyl groups excluding tert-OH is 4. The Morgan fingerprint density at radius 1 is 1.03 bits per heavy atom. The molecule has 4 N–H and O–H groups in total. The molecule has 33 heavy (non-hydrogen) atoms. The normalized spacial score (nSPS) is 28.5. The SMILES string of the molecule is CC(COc1ccc(Cc2cc(C3O[C@H](CO)[C@@H](O)[C@H](O)[C@H]3O)ccc2Cl)cc1)OC1CC1. The summed E-state index contributed by atoms with van der Waals surface area (Å²) in [5.74, 6) is 0.770. The third kappa shape index (κ3) is 6.05. The van der Waals surface area contributed by atoms with Crippen LogP contribution in [-0.2, 0) is 15.9 Å². The summed E-state index contributed by atoms with van der Waals surface area (Å²) in [6, 6.07) is 13.0. The second kappa shape index (κ2) is 10.7. The van der Waals surface area contributed by atoms with Gasteiger partial charge in [0.2, 0.25) is 0 Å². The second-order valence-corrected chi connectivity index (χ2v) is 9.29. The van der Waals surface area contributed by atoms with Gasteiger partial charge in [-0.25, -0.2) is 0 Å². The fraction of sp³-hybridized carbons (Fsp3) is 0.520. The minimum atomic E-state index is -1.43. The second-order valence-electron chi connectivity index (χ2n) is 8.88. The average Bonchev–Trinajstić information content (AvgIpc) is 3.63. The van der Waals surface area contributed by atoms with Gasteiger partial charge in [0.15, 0.2) is 0 Å². The van der Waals surface area contributed by atoms with Crippen molar-refractivity contribution in [1.82, 2.24) is 0 Å². The summed E-state index contributed by atoms with van der Waals surface area (Å²) in [4.78, 5) is 0. The molecule has 180 valence electrons. The van der Waals surface area contributed by atoms with E-state index in [1.54, 1.807) is 12.1 Å². The molecule has 2 fully saturated rings. The van der Waals surface area contributed by atoms with Gasteiger partial charge in [-0.1, -0.05) is 35.9 Å². The van der Waals surface area contributed by atoms with Gasteiger partial charge in [-0.3, -0.25) is 0 Å². The summed E-state index contributed by atoms with van der Waals surface area (Å²) >= 11 is 6.42. The summed E-state index contributed by atoms with van der Waals surface area (Å²) in [6.07, 6.45) is -2.73. The number of halogens is 1. The first-order valence-corrected chi connectivity index (χ1v) is 11.7. The van der Waals surface area contributed by atoms with Crippen molar-refractivity contribution in [3.05, 3.63) is 64.2 Å². The van der Waals surface area contributed by atoms with E-state index in [0.29, 0.717) is 29.7 Å². The Morgan fingerprint density at radius 2 is 1.76 bits per heavy atom. The predicted octanol–water partition coefficient (Wildman–Crippen LogP) is 2.39. The largest absolute Gasteiger partial charge is 0.491 e. The van der Waals surface area contributed by atoms with E-state index in [9.17, 15) is 20.4 Å². The molecule has 1 saturated carbocycles. The highest BCUT2D eigenvalue weighted by molar-refractivity contribution is 6.31. The van der Waals surface area contributed by atoms with E-state index in [1.165, 1.54) is 0 Å². The Kier molecular flexibility index (Phi) is 7.91. The number of hydrogen-bond acceptors (Lipinski definition) is 7. The van der Waals surface area contributed by atoms with Crippen LogP contribution >= 0.6 is 11.6 Å². The van der Waals surface area contributed by atoms with E-state index in [1.807, 2.05) is 37.3 Å². The summed E-state index contributed by atoms with van der Waals surface area (Å²) in [7, 11) is 0. The van der Waals surface area contributed by atoms with E-state index in [-0.39, 0.29) is 6.10 Å². The third-order valence-electron chi connectivity index (χ3n) is 6.04. The number of benzene rings is 2. The van der Waals surface area contributed by atoms with Crippen LogP contribution in [0.15, 0.2) is 42.5 Å². The molecule has 8 heteroatoms. The molecule has 2 aromatic rings. The van der Waals surface area contributed by atoms with Crippen molar-refractivity contribution >= 4 is 11.6 Å². The van der Waals surface area contributed by atoms with Gasteiger partial charge in [0.25, 0.3) is 0 Å². The molecule has 1 aliphatic heterocycles. The van der Waals surface area contributed by atoms with Crippen molar-refractivity contribution in [2.24, 2.45) is 0 Å². The summed E-state index contributed by atoms with van der Waals surface area (Å²) < 4.78 is 17.3. The molecule has 1 saturated heterocycles. The first kappa shape index (κ1) is 24.4. The molecule has 0 spiro atoms. The van der Waals surface area contributed by atoms with Gasteiger partial charge in [-0.05, 0) is 61.1 Å². The molecule has 1 aliphatic carbocycles. The number of ether oxygens (including phenoxy) is 3. The predicted molar refractivity (Wildman–Crippen MR) is 122 cm³/mol. The van der Waals surface area contributed by atoms with Gasteiger partial charge in [-0.15, -0.1) is 0 Å². The molecule has 6 atom stereocenters. The lowest BCUT2D eigenvalue weighted by molar-refractivity contribution is -0.231. The van der Waals surface area contributed by atoms with E-state index < -0.39 is 37.1 Å². The number of hydrogen-bond donors (Lipinski definition) is 4. The Morgan fingerprint density at radius 3 is 2.42 bits per heavy atom. The minimum Gasteiger partial charge on any atom is -0.491 e. The Labute approximate surface area is 198 Å². The molecule has 0 aromatic heterocycles. The Balaban J connectivity index is 1.41. The maximum absolute atomic E-state index is 10.4. The monoisotopic (exact) mass is 478 g/mol. The summed E-state index contributed by atoms with van der Waals surface area (Å²) in [6.45, 7) is 2.04. The first-order chi connectivity index (χ1) is 15.9. The van der Waals surface area contributed by atoms with Crippen LogP contribution in [0.3, 0.4) is 0 Å². The number of rotatable bonds is 9. The van der Waals surface area contributed by atoms with E-state index in [2.05, 4.69) is 0 Å². The topological polar surface area (TPSA) is 109 Å². The van der Waals surface area contributed by atoms with Crippen molar-refractivity contribution in [1.29, 1.82) is 0 Å². The molecule has 0 amide bonds. The van der Waals surface area contributed by atoms with Crippen LogP contribution in [0.4, 0.5) is 0 Å². The zero-order chi connectivity index (χ0) is 23.5. The molecule has 4 rings (SSSR count). The molecule has 0 radical (unpaired) electrons. The zero-order valence-corrected chi connectivity index (χ0v) is 19.3. The summed E-state index contributed by atoms with van der Waals surface area (Å²) in [5, 5.41) is 40.5. The maximum atomic E-state index is 10.4. The van der Waals surface area contributed by atoms with Crippen LogP contribution in [-0.4, -0.2) is 70.3 Å². The zero-order valence-electron chi connectivity index (χ0n) is 18.5. The summed E-state index contributed by atoms with van der Waals surface area (Å²) in [5.41, 5.74) is 2.46. The molecule has 7 nitrogen and oxygen atoms in total. The van der Waals surface area contributed by atoms with Gasteiger partial charge in [0.1, 0.15) is 42.9 Å². The Hall–Kier alpha value is -1.71. The van der Waals surface area contributed by atoms with E-state index >= 15 is 0 Å². The maximum Gasteiger partial charge on any atom is 0.119 e. The van der Waals surface area contributed by atoms with Crippen LogP contribution < -0.4 is 4.74 Å². The van der Waals surface area contributed by atoms with Gasteiger partial charge >= 0.3 is 0 Å². The molecular weight excluding hydrogens is 448 g/mol. The standard InChI is InChI=1S/C25H31ClO7/c1-14(32-19-7-8-19)13-31-18-5-2-15(3-6-18)10-17-11-16(4-9-20(17)26)25-24(30)23(29)22(28)21(12-27)33-25/h2-6,9,11,14,19,21-25,27-30H,7-8,10,12-13H2,1H3/t14?,21-,22-,23+,24-,25?/m1/s1. The lowest BCUT2D eigenvalue weighted by atomic mass is 9.90. The lowest BCUT2D eigenvalue weighted by Crippen LogP contribution is -2.55. The minimum absolute atomic E-state index is 0.0566. The van der Waals surface area contributed by atoms with Crippen molar-refractivity contribution in [2.75, 3.05) is 13.2 Å². The third-order valence-corrected chi connectivity index (χ3v) is 6.41. The first-order valence-electron chi connectivity index (χ1n) is 11.3. The quantitative estimate of drug-likeness (QED) is 0.438. The van der Waals surface area contributed by atoms with Crippen molar-refractivity contribution in [3.8, 4) is 5.75 Å². The highest BCUT2D eigenvalue weighted by atomic mass is 35.5. The highest BCUT2D eigenvalue weighted by Gasteiger charge is 2.44. The van der Waals surface area contributed by atoms with Gasteiger partial charge in [0.05, 0.1) is 18.8 Å². The van der Waals surface area contributed by atoms with Gasteiger partial charge in [0, 0.05) is 5.02 Å². The van der Waals surface area contributed by atoms with Crippen molar-refractivity contribution < 1.29 is 34.6 Å². The van der Waals surface area contributed by atoms with E-state index in [0.717, 1.165) is 29.7 Å². The van der Waals surface area contributed by atoms with Gasteiger partial charge in [-0.2, -0.15) is 0 Å². The fourth-order valence-electron chi connectivity index (χ4n) is 3.99. The van der Waals surface area contributed by atoms with Crippen LogP contribution in [0.5, 0.6) is 5.75 Å². The molecule has 2 unspecified atom stereocenters. The highest BCUT2D eigenvalue weighted by Crippen LogP contribution is 2.34. The molecule has 1 heterocycles. The molecule has 0 bridgehead atoms. The van der Waals surface area contributed by atoms with Crippen LogP contribution in [0.2, 0.25) is 5.02 Å². The number of aliphatic hydroxyl groups is 4. The lowest BCUT2D eigenvalue weighted by Gasteiger charge is -2.40. The molecular formula is C25H31ClO7. The fourth-order valence-corrected chi connectivity index (χ4v) is 4.18. The van der Waals surface area contributed by atoms with Crippen LogP contribution in [0.1, 0.15) is 42.6 Å². The molecule has 2 aliphatic rings. The van der Waals surface area contributed by atoms with Crippen LogP contribution in [0, 0.1) is 0 Å². The van der Waals surface area contributed by atoms with Crippen molar-refractivity contribution in [2.45, 2.75) is 68.9 Å². The molecule has 2 aromatic carbocycles. The smallest absolute Gasteiger partial charge is 0.119 e. The van der Waals surface area contributed by atoms with Crippen molar-refractivity contribution in [3.63, 3.8) is 0 Å². The Bertz CT molecular complexity index is 915. The van der Waals surface area contributed by atoms with Crippen LogP contribution in [0.25, 0.3) is 0 Å².